The molecular weight excluding hydrogens is 166 g/mol. The van der Waals surface area contributed by atoms with Crippen LogP contribution in [0.15, 0.2) is 0 Å². The number of rotatable bonds is 1. The Labute approximate surface area is 80.8 Å². The molecule has 1 rings (SSSR count). The number of ether oxygens (including phenoxy) is 1. The summed E-state index contributed by atoms with van der Waals surface area (Å²) in [4.78, 5) is 4.58. The van der Waals surface area contributed by atoms with Crippen LogP contribution in [0, 0.1) is 0 Å². The lowest BCUT2D eigenvalue weighted by atomic mass is 10.4. The lowest BCUT2D eigenvalue weighted by Gasteiger charge is -2.26. The van der Waals surface area contributed by atoms with Gasteiger partial charge in [0.2, 0.25) is 0 Å². The van der Waals surface area contributed by atoms with Crippen LogP contribution < -0.4 is 5.32 Å². The van der Waals surface area contributed by atoms with Crippen LogP contribution in [-0.4, -0.2) is 70.0 Å². The Morgan fingerprint density at radius 1 is 1.23 bits per heavy atom. The maximum Gasteiger partial charge on any atom is 0.122 e. The van der Waals surface area contributed by atoms with Crippen LogP contribution in [-0.2, 0) is 4.74 Å². The third kappa shape index (κ3) is 3.60. The van der Waals surface area contributed by atoms with Crippen molar-refractivity contribution in [3.63, 3.8) is 0 Å². The van der Waals surface area contributed by atoms with Crippen LogP contribution in [0.5, 0.6) is 0 Å². The minimum absolute atomic E-state index is 0.214. The van der Waals surface area contributed by atoms with Gasteiger partial charge in [-0.2, -0.15) is 0 Å². The highest BCUT2D eigenvalue weighted by Gasteiger charge is 2.15. The van der Waals surface area contributed by atoms with Crippen LogP contribution in [0.3, 0.4) is 0 Å². The van der Waals surface area contributed by atoms with E-state index in [1.807, 2.05) is 0 Å². The minimum atomic E-state index is 0.214. The molecule has 1 atom stereocenters. The molecule has 4 nitrogen and oxygen atoms in total. The van der Waals surface area contributed by atoms with E-state index in [0.717, 1.165) is 32.7 Å². The summed E-state index contributed by atoms with van der Waals surface area (Å²) >= 11 is 0. The third-order valence-electron chi connectivity index (χ3n) is 2.59. The van der Waals surface area contributed by atoms with E-state index in [2.05, 4.69) is 29.2 Å². The lowest BCUT2D eigenvalue weighted by Crippen LogP contribution is -2.42. The van der Waals surface area contributed by atoms with Gasteiger partial charge in [0.05, 0.1) is 0 Å². The summed E-state index contributed by atoms with van der Waals surface area (Å²) in [6.45, 7) is 5.25. The first-order valence-electron chi connectivity index (χ1n) is 4.86. The van der Waals surface area contributed by atoms with Gasteiger partial charge >= 0.3 is 0 Å². The quantitative estimate of drug-likeness (QED) is 0.595. The molecule has 4 heteroatoms. The van der Waals surface area contributed by atoms with Crippen molar-refractivity contribution in [3.8, 4) is 0 Å². The minimum Gasteiger partial charge on any atom is -0.365 e. The summed E-state index contributed by atoms with van der Waals surface area (Å²) in [6, 6.07) is 0. The molecule has 1 aliphatic rings. The fourth-order valence-electron chi connectivity index (χ4n) is 1.50. The Morgan fingerprint density at radius 2 is 2.00 bits per heavy atom. The van der Waals surface area contributed by atoms with Gasteiger partial charge in [0.15, 0.2) is 0 Å². The van der Waals surface area contributed by atoms with E-state index in [9.17, 15) is 0 Å². The number of hydrogen-bond acceptors (Lipinski definition) is 4. The number of nitrogens with one attached hydrogen (secondary N) is 1. The Bertz CT molecular complexity index is 143. The summed E-state index contributed by atoms with van der Waals surface area (Å²) in [6.07, 6.45) is 0.214. The first-order valence-corrected chi connectivity index (χ1v) is 4.86. The van der Waals surface area contributed by atoms with Crippen molar-refractivity contribution in [2.75, 3.05) is 53.9 Å². The predicted octanol–water partition coefficient (Wildman–Crippen LogP) is -0.574. The summed E-state index contributed by atoms with van der Waals surface area (Å²) in [5.74, 6) is 0. The molecule has 78 valence electrons. The standard InChI is InChI=1S/C9H21N3O/c1-11-5-4-10-8-9(13-3)12(2)7-6-11/h9-10H,4-8H2,1-3H3. The fourth-order valence-corrected chi connectivity index (χ4v) is 1.50. The van der Waals surface area contributed by atoms with E-state index in [1.54, 1.807) is 7.11 Å². The summed E-state index contributed by atoms with van der Waals surface area (Å²) in [7, 11) is 6.03. The molecule has 0 aromatic heterocycles. The second-order valence-corrected chi connectivity index (χ2v) is 3.68. The molecule has 0 bridgehead atoms. The monoisotopic (exact) mass is 187 g/mol. The Kier molecular flexibility index (Phi) is 4.66. The maximum atomic E-state index is 5.37. The molecule has 13 heavy (non-hydrogen) atoms. The van der Waals surface area contributed by atoms with Crippen molar-refractivity contribution in [1.82, 2.24) is 15.1 Å². The summed E-state index contributed by atoms with van der Waals surface area (Å²) in [5.41, 5.74) is 0. The third-order valence-corrected chi connectivity index (χ3v) is 2.59. The molecule has 1 N–H and O–H groups in total. The van der Waals surface area contributed by atoms with Gasteiger partial charge in [-0.15, -0.1) is 0 Å². The van der Waals surface area contributed by atoms with Gasteiger partial charge in [0.25, 0.3) is 0 Å². The molecule has 1 heterocycles. The molecule has 1 saturated heterocycles. The van der Waals surface area contributed by atoms with Gasteiger partial charge in [-0.1, -0.05) is 0 Å². The highest BCUT2D eigenvalue weighted by Crippen LogP contribution is 1.98. The van der Waals surface area contributed by atoms with Crippen molar-refractivity contribution in [1.29, 1.82) is 0 Å². The van der Waals surface area contributed by atoms with E-state index < -0.39 is 0 Å². The first kappa shape index (κ1) is 10.9. The average molecular weight is 187 g/mol. The van der Waals surface area contributed by atoms with Gasteiger partial charge in [-0.3, -0.25) is 4.90 Å². The molecule has 0 aliphatic carbocycles. The van der Waals surface area contributed by atoms with E-state index in [-0.39, 0.29) is 6.23 Å². The molecule has 0 aromatic rings. The zero-order valence-corrected chi connectivity index (χ0v) is 8.92. The van der Waals surface area contributed by atoms with Crippen molar-refractivity contribution in [2.45, 2.75) is 6.23 Å². The summed E-state index contributed by atoms with van der Waals surface area (Å²) in [5, 5.41) is 3.38. The first-order chi connectivity index (χ1) is 6.24. The van der Waals surface area contributed by atoms with Crippen molar-refractivity contribution in [2.24, 2.45) is 0 Å². The highest BCUT2D eigenvalue weighted by atomic mass is 16.5. The molecule has 0 saturated carbocycles. The van der Waals surface area contributed by atoms with Gasteiger partial charge in [-0.05, 0) is 14.1 Å². The van der Waals surface area contributed by atoms with Crippen molar-refractivity contribution >= 4 is 0 Å². The van der Waals surface area contributed by atoms with Gasteiger partial charge in [0, 0.05) is 39.8 Å². The topological polar surface area (TPSA) is 27.7 Å². The average Bonchev–Trinajstić information content (AvgIpc) is 2.20. The van der Waals surface area contributed by atoms with E-state index in [0.29, 0.717) is 0 Å². The van der Waals surface area contributed by atoms with Crippen LogP contribution in [0.1, 0.15) is 0 Å². The highest BCUT2D eigenvalue weighted by molar-refractivity contribution is 4.67. The van der Waals surface area contributed by atoms with E-state index in [1.165, 1.54) is 0 Å². The van der Waals surface area contributed by atoms with Gasteiger partial charge < -0.3 is 15.0 Å². The SMILES string of the molecule is COC1CNCCN(C)CCN1C. The number of nitrogens with zero attached hydrogens (tertiary/aromatic N) is 2. The normalized spacial score (nSPS) is 29.3. The number of likely N-dealkylation sites (N-methyl/N-ethyl adjacent to an activating group) is 2. The van der Waals surface area contributed by atoms with Crippen LogP contribution in [0.25, 0.3) is 0 Å². The molecule has 0 amide bonds. The smallest absolute Gasteiger partial charge is 0.122 e. The number of hydrogen-bond donors (Lipinski definition) is 1. The lowest BCUT2D eigenvalue weighted by molar-refractivity contribution is -0.0154. The zero-order valence-electron chi connectivity index (χ0n) is 8.92. The molecule has 1 fully saturated rings. The van der Waals surface area contributed by atoms with Crippen LogP contribution >= 0.6 is 0 Å². The van der Waals surface area contributed by atoms with Gasteiger partial charge in [-0.25, -0.2) is 0 Å². The van der Waals surface area contributed by atoms with Crippen LogP contribution in [0.2, 0.25) is 0 Å². The Morgan fingerprint density at radius 3 is 2.69 bits per heavy atom. The van der Waals surface area contributed by atoms with Crippen molar-refractivity contribution in [3.05, 3.63) is 0 Å². The van der Waals surface area contributed by atoms with Crippen molar-refractivity contribution < 1.29 is 4.74 Å². The Hall–Kier alpha value is -0.160. The largest absolute Gasteiger partial charge is 0.365 e. The number of methoxy groups -OCH3 is 1. The van der Waals surface area contributed by atoms with E-state index >= 15 is 0 Å². The fraction of sp³-hybridized carbons (Fsp3) is 1.00. The molecular formula is C9H21N3O. The molecule has 0 spiro atoms. The molecule has 0 radical (unpaired) electrons. The zero-order chi connectivity index (χ0) is 9.68. The van der Waals surface area contributed by atoms with Gasteiger partial charge in [0.1, 0.15) is 6.23 Å². The second-order valence-electron chi connectivity index (χ2n) is 3.68. The van der Waals surface area contributed by atoms with E-state index in [4.69, 9.17) is 4.74 Å². The second kappa shape index (κ2) is 5.54. The maximum absolute atomic E-state index is 5.37. The molecule has 1 unspecified atom stereocenters. The molecule has 1 aliphatic heterocycles. The summed E-state index contributed by atoms with van der Waals surface area (Å²) < 4.78 is 5.37. The molecule has 0 aromatic carbocycles. The van der Waals surface area contributed by atoms with Crippen LogP contribution in [0.4, 0.5) is 0 Å². The predicted molar refractivity (Wildman–Crippen MR) is 53.8 cm³/mol. The Balaban J connectivity index is 2.42.